The zero-order valence-corrected chi connectivity index (χ0v) is 11.6. The molecule has 1 aromatic carbocycles. The van der Waals surface area contributed by atoms with Crippen molar-refractivity contribution in [3.8, 4) is 11.5 Å². The molecule has 1 aliphatic heterocycles. The second-order valence-electron chi connectivity index (χ2n) is 4.77. The monoisotopic (exact) mass is 264 g/mol. The molecule has 5 heteroatoms. The molecular formula is C14H20N2O3. The zero-order valence-electron chi connectivity index (χ0n) is 11.6. The molecular weight excluding hydrogens is 244 g/mol. The summed E-state index contributed by atoms with van der Waals surface area (Å²) in [5, 5.41) is 0. The summed E-state index contributed by atoms with van der Waals surface area (Å²) in [6.07, 6.45) is 0.814. The van der Waals surface area contributed by atoms with Crippen molar-refractivity contribution >= 4 is 5.91 Å². The Labute approximate surface area is 113 Å². The largest absolute Gasteiger partial charge is 0.493 e. The van der Waals surface area contributed by atoms with Crippen LogP contribution in [0.5, 0.6) is 11.5 Å². The van der Waals surface area contributed by atoms with Gasteiger partial charge in [-0.25, -0.2) is 0 Å². The molecule has 1 atom stereocenters. The molecule has 0 radical (unpaired) electrons. The van der Waals surface area contributed by atoms with Gasteiger partial charge in [-0.2, -0.15) is 0 Å². The summed E-state index contributed by atoms with van der Waals surface area (Å²) in [7, 11) is 3.23. The van der Waals surface area contributed by atoms with Gasteiger partial charge in [0.2, 0.25) is 5.91 Å². The summed E-state index contributed by atoms with van der Waals surface area (Å²) in [5.74, 6) is 1.41. The smallest absolute Gasteiger partial charge is 0.239 e. The summed E-state index contributed by atoms with van der Waals surface area (Å²) < 4.78 is 10.6. The molecule has 0 unspecified atom stereocenters. The third kappa shape index (κ3) is 2.66. The number of ether oxygens (including phenoxy) is 2. The average molecular weight is 264 g/mol. The van der Waals surface area contributed by atoms with E-state index in [1.807, 2.05) is 12.1 Å². The number of carbonyl (C=O) groups excluding carboxylic acids is 1. The van der Waals surface area contributed by atoms with Crippen molar-refractivity contribution in [1.82, 2.24) is 4.90 Å². The molecule has 2 N–H and O–H groups in total. The maximum Gasteiger partial charge on any atom is 0.239 e. The fourth-order valence-electron chi connectivity index (χ4n) is 2.36. The maximum atomic E-state index is 11.9. The summed E-state index contributed by atoms with van der Waals surface area (Å²) in [6.45, 7) is 2.99. The Hall–Kier alpha value is -1.75. The summed E-state index contributed by atoms with van der Waals surface area (Å²) in [6, 6.07) is 3.47. The first-order valence-electron chi connectivity index (χ1n) is 6.35. The van der Waals surface area contributed by atoms with Gasteiger partial charge in [-0.15, -0.1) is 0 Å². The third-order valence-electron chi connectivity index (χ3n) is 3.42. The SMILES string of the molecule is COc1cc2c(cc1OC)CN(C(=O)[C@H](C)N)CC2. The lowest BCUT2D eigenvalue weighted by Crippen LogP contribution is -2.44. The highest BCUT2D eigenvalue weighted by atomic mass is 16.5. The highest BCUT2D eigenvalue weighted by molar-refractivity contribution is 5.81. The average Bonchev–Trinajstić information content (AvgIpc) is 2.44. The van der Waals surface area contributed by atoms with Crippen LogP contribution < -0.4 is 15.2 Å². The quantitative estimate of drug-likeness (QED) is 0.882. The topological polar surface area (TPSA) is 64.8 Å². The molecule has 1 heterocycles. The fourth-order valence-corrected chi connectivity index (χ4v) is 2.36. The van der Waals surface area contributed by atoms with Crippen LogP contribution in [0.15, 0.2) is 12.1 Å². The molecule has 0 aromatic heterocycles. The van der Waals surface area contributed by atoms with Crippen LogP contribution in [0.1, 0.15) is 18.1 Å². The van der Waals surface area contributed by atoms with E-state index in [1.54, 1.807) is 26.0 Å². The van der Waals surface area contributed by atoms with Crippen LogP contribution in [0.4, 0.5) is 0 Å². The van der Waals surface area contributed by atoms with E-state index in [2.05, 4.69) is 0 Å². The van der Waals surface area contributed by atoms with Crippen molar-refractivity contribution in [3.63, 3.8) is 0 Å². The van der Waals surface area contributed by atoms with Gasteiger partial charge in [-0.3, -0.25) is 4.79 Å². The number of nitrogens with zero attached hydrogens (tertiary/aromatic N) is 1. The van der Waals surface area contributed by atoms with Crippen molar-refractivity contribution < 1.29 is 14.3 Å². The van der Waals surface area contributed by atoms with E-state index in [-0.39, 0.29) is 5.91 Å². The Morgan fingerprint density at radius 1 is 1.26 bits per heavy atom. The van der Waals surface area contributed by atoms with E-state index in [1.165, 1.54) is 5.56 Å². The number of rotatable bonds is 3. The van der Waals surface area contributed by atoms with Gasteiger partial charge >= 0.3 is 0 Å². The van der Waals surface area contributed by atoms with Crippen molar-refractivity contribution in [1.29, 1.82) is 0 Å². The van der Waals surface area contributed by atoms with Gasteiger partial charge in [0.05, 0.1) is 20.3 Å². The van der Waals surface area contributed by atoms with Crippen LogP contribution in [0.3, 0.4) is 0 Å². The van der Waals surface area contributed by atoms with Gasteiger partial charge < -0.3 is 20.1 Å². The van der Waals surface area contributed by atoms with Crippen LogP contribution in [0.25, 0.3) is 0 Å². The van der Waals surface area contributed by atoms with Crippen LogP contribution in [-0.4, -0.2) is 37.6 Å². The van der Waals surface area contributed by atoms with Crippen LogP contribution in [-0.2, 0) is 17.8 Å². The van der Waals surface area contributed by atoms with Gasteiger partial charge in [0.15, 0.2) is 11.5 Å². The van der Waals surface area contributed by atoms with Gasteiger partial charge in [0.25, 0.3) is 0 Å². The Morgan fingerprint density at radius 2 is 1.84 bits per heavy atom. The first kappa shape index (κ1) is 13.7. The molecule has 0 saturated carbocycles. The third-order valence-corrected chi connectivity index (χ3v) is 3.42. The molecule has 5 nitrogen and oxygen atoms in total. The van der Waals surface area contributed by atoms with Gasteiger partial charge in [-0.05, 0) is 36.6 Å². The minimum absolute atomic E-state index is 0.0135. The number of fused-ring (bicyclic) bond motifs is 1. The van der Waals surface area contributed by atoms with Crippen molar-refractivity contribution in [2.45, 2.75) is 25.9 Å². The van der Waals surface area contributed by atoms with E-state index in [9.17, 15) is 4.79 Å². The number of carbonyl (C=O) groups is 1. The Kier molecular flexibility index (Phi) is 3.95. The van der Waals surface area contributed by atoms with Gasteiger partial charge in [-0.1, -0.05) is 0 Å². The lowest BCUT2D eigenvalue weighted by atomic mass is 9.98. The van der Waals surface area contributed by atoms with Crippen LogP contribution in [0, 0.1) is 0 Å². The minimum atomic E-state index is -0.457. The Bertz CT molecular complexity index is 486. The molecule has 1 amide bonds. The van der Waals surface area contributed by atoms with Gasteiger partial charge in [0, 0.05) is 13.1 Å². The Balaban J connectivity index is 2.27. The minimum Gasteiger partial charge on any atom is -0.493 e. The normalized spacial score (nSPS) is 15.7. The summed E-state index contributed by atoms with van der Waals surface area (Å²) in [4.78, 5) is 13.7. The molecule has 19 heavy (non-hydrogen) atoms. The summed E-state index contributed by atoms with van der Waals surface area (Å²) >= 11 is 0. The van der Waals surface area contributed by atoms with E-state index < -0.39 is 6.04 Å². The predicted molar refractivity (Wildman–Crippen MR) is 72.3 cm³/mol. The zero-order chi connectivity index (χ0) is 14.0. The second-order valence-corrected chi connectivity index (χ2v) is 4.77. The van der Waals surface area contributed by atoms with Crippen molar-refractivity contribution in [2.24, 2.45) is 5.73 Å². The van der Waals surface area contributed by atoms with E-state index in [4.69, 9.17) is 15.2 Å². The highest BCUT2D eigenvalue weighted by Gasteiger charge is 2.24. The molecule has 0 spiro atoms. The first-order chi connectivity index (χ1) is 9.06. The number of hydrogen-bond donors (Lipinski definition) is 1. The lowest BCUT2D eigenvalue weighted by Gasteiger charge is -2.30. The molecule has 2 rings (SSSR count). The standard InChI is InChI=1S/C14H20N2O3/c1-9(15)14(17)16-5-4-10-6-12(18-2)13(19-3)7-11(10)8-16/h6-7,9H,4-5,8,15H2,1-3H3/t9-/m0/s1. The van der Waals surface area contributed by atoms with Crippen molar-refractivity contribution in [2.75, 3.05) is 20.8 Å². The lowest BCUT2D eigenvalue weighted by molar-refractivity contribution is -0.133. The van der Waals surface area contributed by atoms with E-state index in [0.29, 0.717) is 18.8 Å². The number of nitrogens with two attached hydrogens (primary N) is 1. The first-order valence-corrected chi connectivity index (χ1v) is 6.35. The molecule has 1 aliphatic rings. The fraction of sp³-hybridized carbons (Fsp3) is 0.500. The number of benzene rings is 1. The predicted octanol–water partition coefficient (Wildman–Crippen LogP) is 0.936. The second kappa shape index (κ2) is 5.48. The number of hydrogen-bond acceptors (Lipinski definition) is 4. The molecule has 0 aliphatic carbocycles. The van der Waals surface area contributed by atoms with E-state index >= 15 is 0 Å². The Morgan fingerprint density at radius 3 is 2.37 bits per heavy atom. The molecule has 1 aromatic rings. The van der Waals surface area contributed by atoms with E-state index in [0.717, 1.165) is 17.7 Å². The maximum absolute atomic E-state index is 11.9. The molecule has 104 valence electrons. The van der Waals surface area contributed by atoms with Crippen molar-refractivity contribution in [3.05, 3.63) is 23.3 Å². The molecule has 0 fully saturated rings. The van der Waals surface area contributed by atoms with Crippen LogP contribution in [0.2, 0.25) is 0 Å². The van der Waals surface area contributed by atoms with Gasteiger partial charge in [0.1, 0.15) is 0 Å². The van der Waals surface area contributed by atoms with Crippen LogP contribution >= 0.6 is 0 Å². The number of methoxy groups -OCH3 is 2. The highest BCUT2D eigenvalue weighted by Crippen LogP contribution is 2.33. The number of amides is 1. The molecule has 0 bridgehead atoms. The molecule has 0 saturated heterocycles. The summed E-state index contributed by atoms with van der Waals surface area (Å²) in [5.41, 5.74) is 7.95.